The summed E-state index contributed by atoms with van der Waals surface area (Å²) in [4.78, 5) is 31.4. The molecule has 8 nitrogen and oxygen atoms in total. The molecule has 0 bridgehead atoms. The summed E-state index contributed by atoms with van der Waals surface area (Å²) in [5.74, 6) is -0.157. The lowest BCUT2D eigenvalue weighted by Gasteiger charge is -2.10. The molecule has 0 aromatic carbocycles. The van der Waals surface area contributed by atoms with Crippen LogP contribution >= 0.6 is 12.6 Å². The zero-order valence-corrected chi connectivity index (χ0v) is 14.2. The Bertz CT molecular complexity index is 314. The summed E-state index contributed by atoms with van der Waals surface area (Å²) in [7, 11) is 3.56. The lowest BCUT2D eigenvalue weighted by molar-refractivity contribution is -0.123. The third-order valence-electron chi connectivity index (χ3n) is 2.76. The van der Waals surface area contributed by atoms with Gasteiger partial charge in [-0.05, 0) is 33.5 Å². The van der Waals surface area contributed by atoms with Crippen LogP contribution in [0.2, 0.25) is 0 Å². The topological polar surface area (TPSA) is 139 Å². The molecule has 9 heteroatoms. The van der Waals surface area contributed by atoms with Crippen molar-refractivity contribution in [3.05, 3.63) is 0 Å². The van der Waals surface area contributed by atoms with E-state index >= 15 is 0 Å². The Morgan fingerprint density at radius 3 is 2.27 bits per heavy atom. The molecule has 0 saturated heterocycles. The van der Waals surface area contributed by atoms with Crippen molar-refractivity contribution in [2.45, 2.75) is 31.3 Å². The van der Waals surface area contributed by atoms with Gasteiger partial charge in [0.15, 0.2) is 0 Å². The van der Waals surface area contributed by atoms with E-state index in [2.05, 4.69) is 28.6 Å². The Balaban J connectivity index is 0. The first-order valence-corrected chi connectivity index (χ1v) is 7.76. The molecule has 0 fully saturated rings. The Hall–Kier alpha value is -1.16. The average molecular weight is 335 g/mol. The van der Waals surface area contributed by atoms with Crippen LogP contribution in [0.4, 0.5) is 0 Å². The zero-order chi connectivity index (χ0) is 17.4. The number of amides is 2. The first-order chi connectivity index (χ1) is 10.4. The number of carbonyl (C=O) groups is 3. The number of nitrogens with two attached hydrogens (primary N) is 2. The number of hydrogen-bond acceptors (Lipinski definition) is 7. The molecule has 0 aromatic heterocycles. The van der Waals surface area contributed by atoms with Crippen molar-refractivity contribution in [2.24, 2.45) is 11.5 Å². The SMILES string of the molecule is CNC(CS)C(N)=O.CNCCCCC(N)C(=O)NCC=O. The van der Waals surface area contributed by atoms with E-state index in [4.69, 9.17) is 11.5 Å². The minimum absolute atomic E-state index is 0.0447. The molecule has 0 radical (unpaired) electrons. The third-order valence-corrected chi connectivity index (χ3v) is 3.13. The van der Waals surface area contributed by atoms with Crippen molar-refractivity contribution >= 4 is 30.7 Å². The fourth-order valence-corrected chi connectivity index (χ4v) is 1.76. The van der Waals surface area contributed by atoms with Gasteiger partial charge in [0.1, 0.15) is 6.29 Å². The van der Waals surface area contributed by atoms with Gasteiger partial charge in [-0.15, -0.1) is 0 Å². The molecule has 0 aliphatic rings. The normalized spacial score (nSPS) is 12.5. The van der Waals surface area contributed by atoms with Crippen LogP contribution in [0.1, 0.15) is 19.3 Å². The standard InChI is InChI=1S/C9H19N3O2.C4H10N2OS/c1-11-5-3-2-4-8(10)9(14)12-6-7-13;1-6-3(2-8)4(5)7/h7-8,11H,2-6,10H2,1H3,(H,12,14);3,6,8H,2H2,1H3,(H2,5,7). The molecule has 0 rings (SSSR count). The molecular formula is C13H29N5O3S. The highest BCUT2D eigenvalue weighted by Gasteiger charge is 2.11. The summed E-state index contributed by atoms with van der Waals surface area (Å²) in [6.45, 7) is 0.978. The minimum atomic E-state index is -0.494. The molecule has 2 unspecified atom stereocenters. The predicted molar refractivity (Wildman–Crippen MR) is 90.7 cm³/mol. The molecule has 2 amide bonds. The Kier molecular flexibility index (Phi) is 17.0. The van der Waals surface area contributed by atoms with Crippen LogP contribution < -0.4 is 27.4 Å². The lowest BCUT2D eigenvalue weighted by Crippen LogP contribution is -2.41. The van der Waals surface area contributed by atoms with Gasteiger partial charge in [-0.2, -0.15) is 12.6 Å². The average Bonchev–Trinajstić information content (AvgIpc) is 2.50. The highest BCUT2D eigenvalue weighted by atomic mass is 32.1. The van der Waals surface area contributed by atoms with Crippen molar-refractivity contribution in [1.29, 1.82) is 0 Å². The van der Waals surface area contributed by atoms with Crippen LogP contribution in [0.5, 0.6) is 0 Å². The van der Waals surface area contributed by atoms with Crippen LogP contribution in [0.3, 0.4) is 0 Å². The zero-order valence-electron chi connectivity index (χ0n) is 13.3. The van der Waals surface area contributed by atoms with Gasteiger partial charge in [-0.25, -0.2) is 0 Å². The summed E-state index contributed by atoms with van der Waals surface area (Å²) in [6, 6.07) is -0.787. The van der Waals surface area contributed by atoms with Gasteiger partial charge in [0.25, 0.3) is 0 Å². The van der Waals surface area contributed by atoms with Crippen molar-refractivity contribution in [3.8, 4) is 0 Å². The maximum atomic E-state index is 11.2. The molecule has 0 aliphatic carbocycles. The van der Waals surface area contributed by atoms with Crippen LogP contribution in [-0.4, -0.2) is 63.1 Å². The van der Waals surface area contributed by atoms with Gasteiger partial charge in [0.05, 0.1) is 18.6 Å². The maximum absolute atomic E-state index is 11.2. The molecule has 0 saturated carbocycles. The van der Waals surface area contributed by atoms with Crippen LogP contribution in [-0.2, 0) is 14.4 Å². The van der Waals surface area contributed by atoms with Gasteiger partial charge in [0, 0.05) is 5.75 Å². The first-order valence-electron chi connectivity index (χ1n) is 7.13. The fraction of sp³-hybridized carbons (Fsp3) is 0.769. The highest BCUT2D eigenvalue weighted by Crippen LogP contribution is 1.97. The maximum Gasteiger partial charge on any atom is 0.237 e. The Morgan fingerprint density at radius 1 is 1.27 bits per heavy atom. The number of unbranched alkanes of at least 4 members (excludes halogenated alkanes) is 1. The van der Waals surface area contributed by atoms with E-state index in [1.165, 1.54) is 0 Å². The molecule has 0 heterocycles. The first kappa shape index (κ1) is 23.1. The van der Waals surface area contributed by atoms with E-state index in [0.717, 1.165) is 19.4 Å². The largest absolute Gasteiger partial charge is 0.368 e. The molecular weight excluding hydrogens is 306 g/mol. The minimum Gasteiger partial charge on any atom is -0.368 e. The number of hydrogen-bond donors (Lipinski definition) is 6. The van der Waals surface area contributed by atoms with Gasteiger partial charge in [-0.1, -0.05) is 6.42 Å². The number of carbonyl (C=O) groups excluding carboxylic acids is 3. The van der Waals surface area contributed by atoms with E-state index in [0.29, 0.717) is 18.5 Å². The summed E-state index contributed by atoms with van der Waals surface area (Å²) in [5.41, 5.74) is 10.5. The van der Waals surface area contributed by atoms with Gasteiger partial charge in [-0.3, -0.25) is 9.59 Å². The van der Waals surface area contributed by atoms with Crippen LogP contribution in [0.15, 0.2) is 0 Å². The molecule has 22 heavy (non-hydrogen) atoms. The van der Waals surface area contributed by atoms with Crippen molar-refractivity contribution in [2.75, 3.05) is 32.9 Å². The van der Waals surface area contributed by atoms with Crippen LogP contribution in [0.25, 0.3) is 0 Å². The van der Waals surface area contributed by atoms with E-state index in [1.54, 1.807) is 7.05 Å². The number of likely N-dealkylation sites (N-methyl/N-ethyl adjacent to an activating group) is 1. The molecule has 2 atom stereocenters. The monoisotopic (exact) mass is 335 g/mol. The number of rotatable bonds is 11. The van der Waals surface area contributed by atoms with Crippen molar-refractivity contribution in [3.63, 3.8) is 0 Å². The quantitative estimate of drug-likeness (QED) is 0.147. The molecule has 0 aliphatic heterocycles. The summed E-state index contributed by atoms with van der Waals surface area (Å²) < 4.78 is 0. The van der Waals surface area contributed by atoms with Gasteiger partial charge in [0.2, 0.25) is 11.8 Å². The molecule has 130 valence electrons. The second-order valence-corrected chi connectivity index (χ2v) is 4.91. The highest BCUT2D eigenvalue weighted by molar-refractivity contribution is 7.80. The van der Waals surface area contributed by atoms with E-state index in [-0.39, 0.29) is 24.4 Å². The predicted octanol–water partition coefficient (Wildman–Crippen LogP) is -1.99. The number of primary amides is 1. The molecule has 0 aromatic rings. The molecule has 7 N–H and O–H groups in total. The molecule has 0 spiro atoms. The van der Waals surface area contributed by atoms with Gasteiger partial charge >= 0.3 is 0 Å². The second-order valence-electron chi connectivity index (χ2n) is 4.54. The number of nitrogens with one attached hydrogen (secondary N) is 3. The van der Waals surface area contributed by atoms with Crippen LogP contribution in [0, 0.1) is 0 Å². The number of aldehydes is 1. The Labute approximate surface area is 137 Å². The van der Waals surface area contributed by atoms with Crippen molar-refractivity contribution in [1.82, 2.24) is 16.0 Å². The van der Waals surface area contributed by atoms with Crippen molar-refractivity contribution < 1.29 is 14.4 Å². The smallest absolute Gasteiger partial charge is 0.237 e. The fourth-order valence-electron chi connectivity index (χ4n) is 1.39. The van der Waals surface area contributed by atoms with E-state index in [9.17, 15) is 14.4 Å². The second kappa shape index (κ2) is 16.2. The van der Waals surface area contributed by atoms with E-state index < -0.39 is 6.04 Å². The number of thiol groups is 1. The lowest BCUT2D eigenvalue weighted by atomic mass is 10.1. The summed E-state index contributed by atoms with van der Waals surface area (Å²) in [5, 5.41) is 8.14. The van der Waals surface area contributed by atoms with E-state index in [1.807, 2.05) is 7.05 Å². The summed E-state index contributed by atoms with van der Waals surface area (Å²) in [6.07, 6.45) is 3.22. The third kappa shape index (κ3) is 13.8. The van der Waals surface area contributed by atoms with Gasteiger partial charge < -0.3 is 32.2 Å². The Morgan fingerprint density at radius 2 is 1.91 bits per heavy atom. The summed E-state index contributed by atoms with van der Waals surface area (Å²) >= 11 is 3.87.